The van der Waals surface area contributed by atoms with Crippen molar-refractivity contribution in [3.05, 3.63) is 34.3 Å². The summed E-state index contributed by atoms with van der Waals surface area (Å²) in [5, 5.41) is 0. The van der Waals surface area contributed by atoms with Crippen LogP contribution < -0.4 is 0 Å². The third kappa shape index (κ3) is 8.75. The summed E-state index contributed by atoms with van der Waals surface area (Å²) < 4.78 is 17.1. The van der Waals surface area contributed by atoms with Crippen LogP contribution >= 0.6 is 15.9 Å². The lowest BCUT2D eigenvalue weighted by Crippen LogP contribution is -2.50. The van der Waals surface area contributed by atoms with Crippen molar-refractivity contribution in [1.29, 1.82) is 0 Å². The van der Waals surface area contributed by atoms with E-state index in [9.17, 15) is 9.59 Å². The van der Waals surface area contributed by atoms with E-state index in [0.717, 1.165) is 10.0 Å². The molecule has 0 heterocycles. The molecule has 1 aromatic carbocycles. The molecule has 0 N–H and O–H groups in total. The summed E-state index contributed by atoms with van der Waals surface area (Å²) >= 11 is 3.39. The highest BCUT2D eigenvalue weighted by Gasteiger charge is 2.36. The van der Waals surface area contributed by atoms with Gasteiger partial charge in [0.15, 0.2) is 0 Å². The summed E-state index contributed by atoms with van der Waals surface area (Å²) in [4.78, 5) is 26.9. The molecule has 1 atom stereocenters. The van der Waals surface area contributed by atoms with E-state index in [1.165, 1.54) is 12.0 Å². The van der Waals surface area contributed by atoms with Gasteiger partial charge in [-0.2, -0.15) is 0 Å². The average Bonchev–Trinajstić information content (AvgIpc) is 2.49. The van der Waals surface area contributed by atoms with Crippen molar-refractivity contribution in [2.45, 2.75) is 65.2 Å². The Balaban J connectivity index is 3.18. The number of halogens is 1. The minimum Gasteiger partial charge on any atom is -0.458 e. The smallest absolute Gasteiger partial charge is 0.412 e. The van der Waals surface area contributed by atoms with Crippen LogP contribution in [-0.4, -0.2) is 48.0 Å². The molecule has 1 aromatic rings. The monoisotopic (exact) mass is 443 g/mol. The van der Waals surface area contributed by atoms with Gasteiger partial charge >= 0.3 is 12.1 Å². The maximum Gasteiger partial charge on any atom is 0.412 e. The fourth-order valence-corrected chi connectivity index (χ4v) is 2.53. The van der Waals surface area contributed by atoms with Crippen LogP contribution in [0.1, 0.15) is 47.1 Å². The number of esters is 1. The molecule has 7 heteroatoms. The molecule has 0 aliphatic heterocycles. The van der Waals surface area contributed by atoms with Crippen LogP contribution in [0.2, 0.25) is 0 Å². The first-order valence-electron chi connectivity index (χ1n) is 8.78. The van der Waals surface area contributed by atoms with E-state index in [2.05, 4.69) is 15.9 Å². The number of rotatable bonds is 6. The van der Waals surface area contributed by atoms with Crippen LogP contribution in [0.5, 0.6) is 0 Å². The van der Waals surface area contributed by atoms with Crippen LogP contribution in [0.25, 0.3) is 0 Å². The standard InChI is InChI=1S/C20H30BrNO5/c1-19(2,3)26-17(23)16(12-14-8-10-15(21)11-9-14)22(13-25-7)18(24)27-20(4,5)6/h8-11,16H,12-13H2,1-7H3/t16-/m0/s1. The number of hydrogen-bond donors (Lipinski definition) is 0. The van der Waals surface area contributed by atoms with Crippen molar-refractivity contribution in [1.82, 2.24) is 4.90 Å². The number of nitrogens with zero attached hydrogens (tertiary/aromatic N) is 1. The first kappa shape index (κ1) is 23.4. The van der Waals surface area contributed by atoms with E-state index in [-0.39, 0.29) is 13.2 Å². The molecule has 0 saturated heterocycles. The molecule has 0 unspecified atom stereocenters. The van der Waals surface area contributed by atoms with E-state index in [0.29, 0.717) is 0 Å². The zero-order chi connectivity index (χ0) is 20.8. The number of methoxy groups -OCH3 is 1. The topological polar surface area (TPSA) is 65.1 Å². The summed E-state index contributed by atoms with van der Waals surface area (Å²) in [5.41, 5.74) is -0.486. The van der Waals surface area contributed by atoms with Gasteiger partial charge in [0.05, 0.1) is 0 Å². The quantitative estimate of drug-likeness (QED) is 0.476. The largest absolute Gasteiger partial charge is 0.458 e. The predicted octanol–water partition coefficient (Wildman–Crippen LogP) is 4.54. The van der Waals surface area contributed by atoms with E-state index in [1.807, 2.05) is 24.3 Å². The SMILES string of the molecule is COCN(C(=O)OC(C)(C)C)[C@@H](Cc1ccc(Br)cc1)C(=O)OC(C)(C)C. The second kappa shape index (κ2) is 9.55. The van der Waals surface area contributed by atoms with Gasteiger partial charge in [-0.05, 0) is 59.2 Å². The van der Waals surface area contributed by atoms with Crippen molar-refractivity contribution < 1.29 is 23.8 Å². The van der Waals surface area contributed by atoms with Gasteiger partial charge < -0.3 is 14.2 Å². The Kier molecular flexibility index (Phi) is 8.29. The molecular formula is C20H30BrNO5. The predicted molar refractivity (Wildman–Crippen MR) is 107 cm³/mol. The first-order chi connectivity index (χ1) is 12.3. The Morgan fingerprint density at radius 1 is 1.00 bits per heavy atom. The van der Waals surface area contributed by atoms with Crippen molar-refractivity contribution in [3.8, 4) is 0 Å². The van der Waals surface area contributed by atoms with Crippen LogP contribution in [-0.2, 0) is 25.4 Å². The van der Waals surface area contributed by atoms with Crippen LogP contribution in [0.4, 0.5) is 4.79 Å². The Bertz CT molecular complexity index is 631. The Morgan fingerprint density at radius 2 is 1.52 bits per heavy atom. The van der Waals surface area contributed by atoms with Crippen LogP contribution in [0.3, 0.4) is 0 Å². The Morgan fingerprint density at radius 3 is 1.96 bits per heavy atom. The number of ether oxygens (including phenoxy) is 3. The van der Waals surface area contributed by atoms with Gasteiger partial charge in [-0.3, -0.25) is 4.90 Å². The molecule has 1 rings (SSSR count). The van der Waals surface area contributed by atoms with Gasteiger partial charge in [-0.1, -0.05) is 28.1 Å². The number of carbonyl (C=O) groups excluding carboxylic acids is 2. The van der Waals surface area contributed by atoms with E-state index in [4.69, 9.17) is 14.2 Å². The highest BCUT2D eigenvalue weighted by molar-refractivity contribution is 9.10. The Labute approximate surface area is 170 Å². The molecule has 0 radical (unpaired) electrons. The lowest BCUT2D eigenvalue weighted by Gasteiger charge is -2.33. The van der Waals surface area contributed by atoms with E-state index >= 15 is 0 Å². The van der Waals surface area contributed by atoms with Crippen molar-refractivity contribution in [2.75, 3.05) is 13.8 Å². The van der Waals surface area contributed by atoms with Crippen LogP contribution in [0.15, 0.2) is 28.7 Å². The van der Waals surface area contributed by atoms with Gasteiger partial charge in [-0.25, -0.2) is 9.59 Å². The number of hydrogen-bond acceptors (Lipinski definition) is 5. The lowest BCUT2D eigenvalue weighted by molar-refractivity contribution is -0.163. The molecule has 152 valence electrons. The van der Waals surface area contributed by atoms with Gasteiger partial charge in [-0.15, -0.1) is 0 Å². The summed E-state index contributed by atoms with van der Waals surface area (Å²) in [6, 6.07) is 6.68. The molecule has 0 saturated carbocycles. The number of amides is 1. The molecular weight excluding hydrogens is 414 g/mol. The van der Waals surface area contributed by atoms with E-state index in [1.54, 1.807) is 41.5 Å². The molecule has 0 fully saturated rings. The first-order valence-corrected chi connectivity index (χ1v) is 9.57. The third-order valence-electron chi connectivity index (χ3n) is 3.29. The fourth-order valence-electron chi connectivity index (χ4n) is 2.26. The summed E-state index contributed by atoms with van der Waals surface area (Å²) in [6.07, 6.45) is -0.345. The number of carbonyl (C=O) groups is 2. The minimum atomic E-state index is -0.875. The molecule has 0 aliphatic carbocycles. The average molecular weight is 444 g/mol. The van der Waals surface area contributed by atoms with Crippen LogP contribution in [0, 0.1) is 0 Å². The third-order valence-corrected chi connectivity index (χ3v) is 3.82. The molecule has 6 nitrogen and oxygen atoms in total. The van der Waals surface area contributed by atoms with Crippen molar-refractivity contribution >= 4 is 28.0 Å². The summed E-state index contributed by atoms with van der Waals surface area (Å²) in [6.45, 7) is 10.6. The fraction of sp³-hybridized carbons (Fsp3) is 0.600. The highest BCUT2D eigenvalue weighted by atomic mass is 79.9. The Hall–Kier alpha value is -1.60. The molecule has 0 spiro atoms. The van der Waals surface area contributed by atoms with E-state index < -0.39 is 29.3 Å². The molecule has 0 aliphatic rings. The normalized spacial score (nSPS) is 13.0. The van der Waals surface area contributed by atoms with Gasteiger partial charge in [0, 0.05) is 18.0 Å². The maximum absolute atomic E-state index is 12.9. The van der Waals surface area contributed by atoms with Gasteiger partial charge in [0.1, 0.15) is 24.0 Å². The van der Waals surface area contributed by atoms with Crippen molar-refractivity contribution in [2.24, 2.45) is 0 Å². The van der Waals surface area contributed by atoms with Crippen molar-refractivity contribution in [3.63, 3.8) is 0 Å². The summed E-state index contributed by atoms with van der Waals surface area (Å²) in [7, 11) is 1.46. The zero-order valence-corrected chi connectivity index (χ0v) is 18.8. The summed E-state index contributed by atoms with van der Waals surface area (Å²) in [5.74, 6) is -0.506. The molecule has 1 amide bonds. The zero-order valence-electron chi connectivity index (χ0n) is 17.2. The molecule has 0 bridgehead atoms. The molecule has 27 heavy (non-hydrogen) atoms. The molecule has 0 aromatic heterocycles. The minimum absolute atomic E-state index is 0.0879. The second-order valence-electron chi connectivity index (χ2n) is 8.25. The lowest BCUT2D eigenvalue weighted by atomic mass is 10.0. The number of benzene rings is 1. The maximum atomic E-state index is 12.9. The second-order valence-corrected chi connectivity index (χ2v) is 9.16. The van der Waals surface area contributed by atoms with Gasteiger partial charge in [0.2, 0.25) is 0 Å². The highest BCUT2D eigenvalue weighted by Crippen LogP contribution is 2.20. The van der Waals surface area contributed by atoms with Gasteiger partial charge in [0.25, 0.3) is 0 Å².